The zero-order valence-electron chi connectivity index (χ0n) is 49.5. The van der Waals surface area contributed by atoms with Gasteiger partial charge in [0.25, 0.3) is 0 Å². The zero-order valence-corrected chi connectivity index (χ0v) is 51.9. The van der Waals surface area contributed by atoms with Crippen molar-refractivity contribution < 1.29 is 25.3 Å². The van der Waals surface area contributed by atoms with Crippen molar-refractivity contribution in [1.82, 2.24) is 12.9 Å². The molecule has 6 aliphatic rings. The summed E-state index contributed by atoms with van der Waals surface area (Å²) < 4.78 is 85.1. The fourth-order valence-corrected chi connectivity index (χ4v) is 20.6. The maximum atomic E-state index is 13.3. The number of rotatable bonds is 12. The van der Waals surface area contributed by atoms with E-state index in [-0.39, 0.29) is 66.9 Å². The SMILES string of the molecule is CCC(C)(C)c1ccc(S(=O)(=O)N2CC3(C)CC2CC(C)(C)C3)cc1.CCC(C)(C)c1ccc(S(=O)(=O)N2CC3(C)CC2CC(C)(C)C3)cc1.[CH2+]CC(C)(C)c1ccc(S(=O)(=O)N2CC3(C)CC2CC(C)(C)C3)cc1. The Bertz CT molecular complexity index is 2560. The first-order valence-corrected chi connectivity index (χ1v) is 32.6. The van der Waals surface area contributed by atoms with Gasteiger partial charge in [-0.25, -0.2) is 25.3 Å². The van der Waals surface area contributed by atoms with Gasteiger partial charge in [-0.1, -0.05) is 154 Å². The predicted octanol–water partition coefficient (Wildman–Crippen LogP) is 14.7. The quantitative estimate of drug-likeness (QED) is 0.167. The molecule has 418 valence electrons. The molecule has 3 saturated heterocycles. The highest BCUT2D eigenvalue weighted by Gasteiger charge is 2.56. The largest absolute Gasteiger partial charge is 0.243 e. The lowest BCUT2D eigenvalue weighted by molar-refractivity contribution is 0.132. The molecule has 0 spiro atoms. The molecule has 0 amide bonds. The van der Waals surface area contributed by atoms with Gasteiger partial charge in [0, 0.05) is 43.2 Å². The van der Waals surface area contributed by atoms with Gasteiger partial charge in [0.1, 0.15) is 0 Å². The molecule has 3 aliphatic carbocycles. The minimum atomic E-state index is -3.43. The minimum absolute atomic E-state index is 0.0377. The van der Waals surface area contributed by atoms with Crippen LogP contribution in [0.1, 0.15) is 211 Å². The molecule has 3 aliphatic heterocycles. The Balaban J connectivity index is 0.000000164. The predicted molar refractivity (Wildman–Crippen MR) is 309 cm³/mol. The molecule has 3 heterocycles. The van der Waals surface area contributed by atoms with Crippen LogP contribution in [0.15, 0.2) is 87.5 Å². The monoisotopic (exact) mass is 1090 g/mol. The van der Waals surface area contributed by atoms with Crippen molar-refractivity contribution in [3.63, 3.8) is 0 Å². The molecule has 0 radical (unpaired) electrons. The van der Waals surface area contributed by atoms with Gasteiger partial charge < -0.3 is 0 Å². The standard InChI is InChI=1S/2C21H33NO2S.C21H32NO2S/c3*1-7-20(4,5)16-8-10-18(11-9-16)25(23,24)22-15-21(6)13-17(22)12-19(2,3)14-21/h2*8-11,17H,7,12-15H2,1-6H3;8-11,17H,1,7,12-15H2,2-6H3/q;;+1. The fourth-order valence-electron chi connectivity index (χ4n) is 15.3. The molecule has 3 aromatic carbocycles. The highest BCUT2D eigenvalue weighted by atomic mass is 32.2. The molecule has 0 aromatic heterocycles. The number of sulfonamides is 3. The number of hydrogen-bond acceptors (Lipinski definition) is 6. The first kappa shape index (κ1) is 59.9. The lowest BCUT2D eigenvalue weighted by Crippen LogP contribution is -2.37. The summed E-state index contributed by atoms with van der Waals surface area (Å²) in [5, 5.41) is 0. The van der Waals surface area contributed by atoms with E-state index in [0.29, 0.717) is 34.3 Å². The van der Waals surface area contributed by atoms with Gasteiger partial charge in [0.05, 0.1) is 28.0 Å². The van der Waals surface area contributed by atoms with Gasteiger partial charge in [0.2, 0.25) is 30.1 Å². The molecule has 6 atom stereocenters. The van der Waals surface area contributed by atoms with Crippen LogP contribution in [0.25, 0.3) is 0 Å². The van der Waals surface area contributed by atoms with Crippen LogP contribution in [0.2, 0.25) is 0 Å². The van der Waals surface area contributed by atoms with Gasteiger partial charge in [-0.3, -0.25) is 0 Å². The third kappa shape index (κ3) is 12.5. The molecule has 6 fully saturated rings. The lowest BCUT2D eigenvalue weighted by atomic mass is 9.65. The van der Waals surface area contributed by atoms with E-state index in [1.807, 2.05) is 36.4 Å². The van der Waals surface area contributed by atoms with Crippen LogP contribution in [-0.4, -0.2) is 75.9 Å². The molecule has 9 rings (SSSR count). The average molecular weight is 1090 g/mol. The zero-order chi connectivity index (χ0) is 56.0. The Kier molecular flexibility index (Phi) is 16.1. The fraction of sp³-hybridized carbons (Fsp3) is 0.698. The van der Waals surface area contributed by atoms with Gasteiger partial charge >= 0.3 is 0 Å². The van der Waals surface area contributed by atoms with Gasteiger partial charge in [-0.2, -0.15) is 12.9 Å². The number of nitrogens with zero attached hydrogens (tertiary/aromatic N) is 3. The maximum absolute atomic E-state index is 13.3. The summed E-state index contributed by atoms with van der Waals surface area (Å²) >= 11 is 0. The maximum Gasteiger partial charge on any atom is 0.243 e. The third-order valence-electron chi connectivity index (χ3n) is 19.2. The highest BCUT2D eigenvalue weighted by molar-refractivity contribution is 7.89. The van der Waals surface area contributed by atoms with E-state index in [1.54, 1.807) is 49.3 Å². The summed E-state index contributed by atoms with van der Waals surface area (Å²) in [5.74, 6) is 0. The second-order valence-corrected chi connectivity index (χ2v) is 35.6. The summed E-state index contributed by atoms with van der Waals surface area (Å²) in [6, 6.07) is 23.0. The van der Waals surface area contributed by atoms with Crippen molar-refractivity contribution in [2.75, 3.05) is 19.6 Å². The van der Waals surface area contributed by atoms with Crippen LogP contribution in [0.4, 0.5) is 0 Å². The van der Waals surface area contributed by atoms with E-state index in [4.69, 9.17) is 0 Å². The second-order valence-electron chi connectivity index (χ2n) is 30.0. The van der Waals surface area contributed by atoms with E-state index >= 15 is 0 Å². The van der Waals surface area contributed by atoms with Crippen LogP contribution in [0, 0.1) is 39.4 Å². The molecule has 3 aromatic rings. The molecule has 12 heteroatoms. The number of fused-ring (bicyclic) bond motifs is 6. The Morgan fingerprint density at radius 1 is 0.413 bits per heavy atom. The first-order chi connectivity index (χ1) is 34.2. The molecule has 3 saturated carbocycles. The number of benzene rings is 3. The Morgan fingerprint density at radius 3 is 0.853 bits per heavy atom. The summed E-state index contributed by atoms with van der Waals surface area (Å²) in [7, 11) is -10.3. The van der Waals surface area contributed by atoms with Crippen LogP contribution < -0.4 is 0 Å². The summed E-state index contributed by atoms with van der Waals surface area (Å²) in [6.07, 6.45) is 12.0. The van der Waals surface area contributed by atoms with E-state index in [0.717, 1.165) is 82.6 Å². The van der Waals surface area contributed by atoms with Crippen molar-refractivity contribution in [1.29, 1.82) is 0 Å². The normalized spacial score (nSPS) is 29.7. The Morgan fingerprint density at radius 2 is 0.640 bits per heavy atom. The van der Waals surface area contributed by atoms with E-state index in [2.05, 4.69) is 125 Å². The van der Waals surface area contributed by atoms with Crippen molar-refractivity contribution in [2.24, 2.45) is 32.5 Å². The van der Waals surface area contributed by atoms with E-state index in [9.17, 15) is 25.3 Å². The molecule has 6 bridgehead atoms. The Labute approximate surface area is 458 Å². The molecule has 75 heavy (non-hydrogen) atoms. The average Bonchev–Trinajstić information content (AvgIpc) is 3.85. The second kappa shape index (κ2) is 20.1. The van der Waals surface area contributed by atoms with Crippen molar-refractivity contribution in [2.45, 2.75) is 244 Å². The van der Waals surface area contributed by atoms with Crippen molar-refractivity contribution in [3.8, 4) is 0 Å². The molecule has 9 nitrogen and oxygen atoms in total. The molecular weight excluding hydrogens is 991 g/mol. The molecule has 6 unspecified atom stereocenters. The van der Waals surface area contributed by atoms with Gasteiger partial charge in [-0.15, -0.1) is 0 Å². The first-order valence-electron chi connectivity index (χ1n) is 28.3. The van der Waals surface area contributed by atoms with Crippen LogP contribution in [0.3, 0.4) is 0 Å². The molecular formula is C63H98N3O6S3+. The Hall–Kier alpha value is -2.74. The minimum Gasteiger partial charge on any atom is -0.207 e. The van der Waals surface area contributed by atoms with Crippen LogP contribution in [-0.2, 0) is 46.3 Å². The number of hydrogen-bond donors (Lipinski definition) is 0. The van der Waals surface area contributed by atoms with Crippen molar-refractivity contribution >= 4 is 30.1 Å². The lowest BCUT2D eigenvalue weighted by Gasteiger charge is -2.39. The summed E-state index contributed by atoms with van der Waals surface area (Å²) in [5.41, 5.74) is 4.62. The van der Waals surface area contributed by atoms with Gasteiger partial charge in [0.15, 0.2) is 0 Å². The van der Waals surface area contributed by atoms with E-state index < -0.39 is 30.1 Å². The smallest absolute Gasteiger partial charge is 0.207 e. The summed E-state index contributed by atoms with van der Waals surface area (Å²) in [4.78, 5) is 1.30. The van der Waals surface area contributed by atoms with Gasteiger partial charge in [-0.05, 0) is 167 Å². The van der Waals surface area contributed by atoms with E-state index in [1.165, 1.54) is 11.1 Å². The van der Waals surface area contributed by atoms with Crippen LogP contribution >= 0.6 is 0 Å². The highest BCUT2D eigenvalue weighted by Crippen LogP contribution is 2.56. The topological polar surface area (TPSA) is 112 Å². The van der Waals surface area contributed by atoms with Crippen molar-refractivity contribution in [3.05, 3.63) is 96.4 Å². The summed E-state index contributed by atoms with van der Waals surface area (Å²) in [6.45, 7) is 43.7. The van der Waals surface area contributed by atoms with Crippen LogP contribution in [0.5, 0.6) is 0 Å². The third-order valence-corrected chi connectivity index (χ3v) is 25.0. The molecule has 0 N–H and O–H groups in total.